The molecule has 0 N–H and O–H groups in total. The summed E-state index contributed by atoms with van der Waals surface area (Å²) in [5.41, 5.74) is 9.93. The summed E-state index contributed by atoms with van der Waals surface area (Å²) in [6.07, 6.45) is 0. The Morgan fingerprint density at radius 1 is 0.196 bits per heavy atom. The van der Waals surface area contributed by atoms with Crippen LogP contribution in [0.25, 0.3) is 87.6 Å². The van der Waals surface area contributed by atoms with Crippen molar-refractivity contribution >= 4 is 43.1 Å². The molecule has 0 aliphatic rings. The lowest BCUT2D eigenvalue weighted by molar-refractivity contribution is 1.60. The predicted molar refractivity (Wildman–Crippen MR) is 198 cm³/mol. The molecule has 0 nitrogen and oxygen atoms in total. The molecule has 0 amide bonds. The highest BCUT2D eigenvalue weighted by molar-refractivity contribution is 6.12. The van der Waals surface area contributed by atoms with Crippen molar-refractivity contribution in [1.29, 1.82) is 0 Å². The van der Waals surface area contributed by atoms with Gasteiger partial charge in [0.1, 0.15) is 0 Å². The van der Waals surface area contributed by atoms with Crippen molar-refractivity contribution in [2.24, 2.45) is 0 Å². The number of fused-ring (bicyclic) bond motifs is 5. The van der Waals surface area contributed by atoms with Gasteiger partial charge in [-0.15, -0.1) is 0 Å². The number of rotatable bonds is 4. The SMILES string of the molecule is c1ccc2cc(-c3ccc(-c4ccc(-c5ccc(-c6cccc7c6ccc6ccccc67)cc5)c5ccccc45)cc3)ccc2c1. The van der Waals surface area contributed by atoms with Crippen molar-refractivity contribution in [3.63, 3.8) is 0 Å². The van der Waals surface area contributed by atoms with E-state index in [9.17, 15) is 0 Å². The smallest absolute Gasteiger partial charge is 0.00990 e. The van der Waals surface area contributed by atoms with Gasteiger partial charge in [-0.1, -0.05) is 176 Å². The summed E-state index contributed by atoms with van der Waals surface area (Å²) >= 11 is 0. The van der Waals surface area contributed by atoms with Crippen LogP contribution in [0.4, 0.5) is 0 Å². The summed E-state index contributed by atoms with van der Waals surface area (Å²) in [7, 11) is 0. The largest absolute Gasteiger partial charge is 0.0616 e. The normalized spacial score (nSPS) is 11.5. The van der Waals surface area contributed by atoms with Crippen LogP contribution in [0.5, 0.6) is 0 Å². The third kappa shape index (κ3) is 4.47. The van der Waals surface area contributed by atoms with Gasteiger partial charge in [-0.05, 0) is 93.7 Å². The van der Waals surface area contributed by atoms with E-state index in [4.69, 9.17) is 0 Å². The summed E-state index contributed by atoms with van der Waals surface area (Å²) in [6.45, 7) is 0. The number of hydrogen-bond acceptors (Lipinski definition) is 0. The minimum atomic E-state index is 1.23. The quantitative estimate of drug-likeness (QED) is 0.181. The van der Waals surface area contributed by atoms with Gasteiger partial charge in [-0.25, -0.2) is 0 Å². The first-order valence-corrected chi connectivity index (χ1v) is 15.9. The Kier molecular flexibility index (Phi) is 6.25. The maximum Gasteiger partial charge on any atom is -0.00990 e. The third-order valence-corrected chi connectivity index (χ3v) is 9.50. The molecule has 9 aromatic carbocycles. The first-order valence-electron chi connectivity index (χ1n) is 15.9. The van der Waals surface area contributed by atoms with Crippen molar-refractivity contribution in [1.82, 2.24) is 0 Å². The summed E-state index contributed by atoms with van der Waals surface area (Å²) in [6, 6.07) is 66.5. The molecule has 9 aromatic rings. The van der Waals surface area contributed by atoms with E-state index >= 15 is 0 Å². The highest BCUT2D eigenvalue weighted by Gasteiger charge is 2.12. The Hall–Kier alpha value is -5.98. The molecule has 46 heavy (non-hydrogen) atoms. The maximum atomic E-state index is 2.29. The number of hydrogen-bond donors (Lipinski definition) is 0. The van der Waals surface area contributed by atoms with Gasteiger partial charge < -0.3 is 0 Å². The second-order valence-corrected chi connectivity index (χ2v) is 12.1. The Bertz CT molecular complexity index is 2550. The van der Waals surface area contributed by atoms with Crippen LogP contribution in [0.3, 0.4) is 0 Å². The van der Waals surface area contributed by atoms with Crippen molar-refractivity contribution in [2.75, 3.05) is 0 Å². The highest BCUT2D eigenvalue weighted by atomic mass is 14.2. The Balaban J connectivity index is 1.07. The van der Waals surface area contributed by atoms with Gasteiger partial charge in [0.05, 0.1) is 0 Å². The van der Waals surface area contributed by atoms with E-state index in [0.717, 1.165) is 0 Å². The highest BCUT2D eigenvalue weighted by Crippen LogP contribution is 2.38. The Labute approximate surface area is 268 Å². The lowest BCUT2D eigenvalue weighted by Crippen LogP contribution is -1.87. The standard InChI is InChI=1S/C46H30/c1-2-10-37-30-38(25-18-31(37)8-1)32-16-19-35(20-17-32)41-28-29-42(44-13-6-5-12-43(41)44)36-23-21-34(22-24-36)40-14-7-15-45-39-11-4-3-9-33(39)26-27-46(40)45/h1-30H. The molecule has 0 saturated heterocycles. The second kappa shape index (κ2) is 10.9. The first-order chi connectivity index (χ1) is 22.8. The van der Waals surface area contributed by atoms with Crippen LogP contribution >= 0.6 is 0 Å². The van der Waals surface area contributed by atoms with Crippen LogP contribution in [-0.2, 0) is 0 Å². The van der Waals surface area contributed by atoms with Crippen molar-refractivity contribution < 1.29 is 0 Å². The first kappa shape index (κ1) is 26.4. The zero-order chi connectivity index (χ0) is 30.5. The molecule has 0 aliphatic heterocycles. The molecule has 9 rings (SSSR count). The third-order valence-electron chi connectivity index (χ3n) is 9.50. The molecular formula is C46H30. The van der Waals surface area contributed by atoms with E-state index in [-0.39, 0.29) is 0 Å². The molecule has 214 valence electrons. The summed E-state index contributed by atoms with van der Waals surface area (Å²) < 4.78 is 0. The molecule has 0 aliphatic carbocycles. The van der Waals surface area contributed by atoms with E-state index in [1.54, 1.807) is 0 Å². The molecule has 0 saturated carbocycles. The molecule has 0 unspecified atom stereocenters. The molecule has 0 bridgehead atoms. The second-order valence-electron chi connectivity index (χ2n) is 12.1. The molecule has 0 atom stereocenters. The average Bonchev–Trinajstić information content (AvgIpc) is 3.14. The molecular weight excluding hydrogens is 553 g/mol. The van der Waals surface area contributed by atoms with Gasteiger partial charge in [0.15, 0.2) is 0 Å². The minimum absolute atomic E-state index is 1.23. The van der Waals surface area contributed by atoms with Crippen molar-refractivity contribution in [3.8, 4) is 44.5 Å². The predicted octanol–water partition coefficient (Wildman–Crippen LogP) is 13.0. The van der Waals surface area contributed by atoms with Gasteiger partial charge in [0, 0.05) is 0 Å². The Morgan fingerprint density at radius 2 is 0.630 bits per heavy atom. The van der Waals surface area contributed by atoms with Crippen molar-refractivity contribution in [3.05, 3.63) is 182 Å². The van der Waals surface area contributed by atoms with Crippen LogP contribution in [0, 0.1) is 0 Å². The van der Waals surface area contributed by atoms with Crippen LogP contribution in [0.1, 0.15) is 0 Å². The van der Waals surface area contributed by atoms with Crippen LogP contribution in [0.15, 0.2) is 182 Å². The molecule has 0 radical (unpaired) electrons. The summed E-state index contributed by atoms with van der Waals surface area (Å²) in [5, 5.41) is 10.2. The summed E-state index contributed by atoms with van der Waals surface area (Å²) in [5.74, 6) is 0. The zero-order valence-corrected chi connectivity index (χ0v) is 25.3. The van der Waals surface area contributed by atoms with Gasteiger partial charge >= 0.3 is 0 Å². The fourth-order valence-corrected chi connectivity index (χ4v) is 7.14. The Morgan fingerprint density at radius 3 is 1.28 bits per heavy atom. The molecule has 0 spiro atoms. The molecule has 0 heteroatoms. The van der Waals surface area contributed by atoms with E-state index in [2.05, 4.69) is 182 Å². The van der Waals surface area contributed by atoms with E-state index < -0.39 is 0 Å². The van der Waals surface area contributed by atoms with E-state index in [1.807, 2.05) is 0 Å². The van der Waals surface area contributed by atoms with Crippen LogP contribution in [0.2, 0.25) is 0 Å². The van der Waals surface area contributed by atoms with Crippen molar-refractivity contribution in [2.45, 2.75) is 0 Å². The molecule has 0 fully saturated rings. The van der Waals surface area contributed by atoms with Crippen LogP contribution < -0.4 is 0 Å². The zero-order valence-electron chi connectivity index (χ0n) is 25.3. The van der Waals surface area contributed by atoms with Gasteiger partial charge in [0.2, 0.25) is 0 Å². The fourth-order valence-electron chi connectivity index (χ4n) is 7.14. The number of benzene rings is 9. The van der Waals surface area contributed by atoms with Gasteiger partial charge in [0.25, 0.3) is 0 Å². The average molecular weight is 583 g/mol. The van der Waals surface area contributed by atoms with Gasteiger partial charge in [-0.3, -0.25) is 0 Å². The molecule has 0 heterocycles. The molecule has 0 aromatic heterocycles. The lowest BCUT2D eigenvalue weighted by atomic mass is 9.90. The fraction of sp³-hybridized carbons (Fsp3) is 0. The van der Waals surface area contributed by atoms with Gasteiger partial charge in [-0.2, -0.15) is 0 Å². The summed E-state index contributed by atoms with van der Waals surface area (Å²) in [4.78, 5) is 0. The van der Waals surface area contributed by atoms with Crippen LogP contribution in [-0.4, -0.2) is 0 Å². The topological polar surface area (TPSA) is 0 Å². The van der Waals surface area contributed by atoms with E-state index in [0.29, 0.717) is 0 Å². The van der Waals surface area contributed by atoms with E-state index in [1.165, 1.54) is 87.6 Å². The minimum Gasteiger partial charge on any atom is -0.0616 e. The monoisotopic (exact) mass is 582 g/mol. The maximum absolute atomic E-state index is 2.29. The lowest BCUT2D eigenvalue weighted by Gasteiger charge is -2.14.